The van der Waals surface area contributed by atoms with Crippen LogP contribution in [0.3, 0.4) is 0 Å². The van der Waals surface area contributed by atoms with E-state index in [4.69, 9.17) is 0 Å². The second kappa shape index (κ2) is 7.49. The highest BCUT2D eigenvalue weighted by Gasteiger charge is 2.16. The van der Waals surface area contributed by atoms with E-state index in [0.29, 0.717) is 5.65 Å². The van der Waals surface area contributed by atoms with Crippen LogP contribution < -0.4 is 4.90 Å². The number of hydrogen-bond acceptors (Lipinski definition) is 6. The van der Waals surface area contributed by atoms with Crippen molar-refractivity contribution in [2.24, 2.45) is 0 Å². The van der Waals surface area contributed by atoms with E-state index in [2.05, 4.69) is 42.3 Å². The highest BCUT2D eigenvalue weighted by atomic mass is 32.1. The van der Waals surface area contributed by atoms with Crippen molar-refractivity contribution in [2.45, 2.75) is 0 Å². The molecule has 9 heteroatoms. The molecular weight excluding hydrogens is 437 g/mol. The van der Waals surface area contributed by atoms with E-state index in [9.17, 15) is 4.39 Å². The second-order valence-electron chi connectivity index (χ2n) is 7.93. The van der Waals surface area contributed by atoms with Gasteiger partial charge in [0.1, 0.15) is 5.69 Å². The lowest BCUT2D eigenvalue weighted by atomic mass is 10.1. The minimum atomic E-state index is -0.232. The molecule has 6 heterocycles. The summed E-state index contributed by atoms with van der Waals surface area (Å²) < 4.78 is 13.6. The molecule has 0 aliphatic rings. The topological polar surface area (TPSA) is 86.4 Å². The fourth-order valence-corrected chi connectivity index (χ4v) is 4.66. The van der Waals surface area contributed by atoms with Gasteiger partial charge in [0.2, 0.25) is 0 Å². The van der Waals surface area contributed by atoms with Gasteiger partial charge in [-0.15, -0.1) is 11.3 Å². The van der Waals surface area contributed by atoms with Gasteiger partial charge >= 0.3 is 0 Å². The lowest BCUT2D eigenvalue weighted by Gasteiger charge is -2.12. The Morgan fingerprint density at radius 2 is 1.79 bits per heavy atom. The van der Waals surface area contributed by atoms with Crippen molar-refractivity contribution in [3.05, 3.63) is 66.3 Å². The van der Waals surface area contributed by atoms with Gasteiger partial charge < -0.3 is 9.88 Å². The largest absolute Gasteiger partial charge is 0.376 e. The summed E-state index contributed by atoms with van der Waals surface area (Å²) in [7, 11) is 3.97. The Kier molecular flexibility index (Phi) is 4.44. The average Bonchev–Trinajstić information content (AvgIpc) is 3.55. The first kappa shape index (κ1) is 19.6. The highest BCUT2D eigenvalue weighted by molar-refractivity contribution is 7.13. The Balaban J connectivity index is 1.48. The van der Waals surface area contributed by atoms with E-state index in [0.717, 1.165) is 66.4 Å². The summed E-state index contributed by atoms with van der Waals surface area (Å²) in [5.41, 5.74) is 6.89. The molecule has 2 N–H and O–H groups in total. The van der Waals surface area contributed by atoms with E-state index >= 15 is 0 Å². The van der Waals surface area contributed by atoms with Crippen molar-refractivity contribution >= 4 is 39.0 Å². The van der Waals surface area contributed by atoms with Crippen LogP contribution in [0.25, 0.3) is 55.0 Å². The number of nitrogens with zero attached hydrogens (tertiary/aromatic N) is 5. The Morgan fingerprint density at radius 3 is 2.61 bits per heavy atom. The lowest BCUT2D eigenvalue weighted by Crippen LogP contribution is -2.08. The SMILES string of the molecule is CN(C)c1cncc(-c2cnc3[nH]nc(-c4cc5c(-c6ccc(F)s6)nccc5[nH]4)c3c2)c1. The molecule has 7 nitrogen and oxygen atoms in total. The number of aromatic amines is 2. The van der Waals surface area contributed by atoms with E-state index in [1.54, 1.807) is 12.3 Å². The summed E-state index contributed by atoms with van der Waals surface area (Å²) in [5, 5.41) is 9.12. The molecule has 0 aromatic carbocycles. The quantitative estimate of drug-likeness (QED) is 0.367. The molecule has 0 unspecified atom stereocenters. The zero-order valence-electron chi connectivity index (χ0n) is 17.8. The predicted molar refractivity (Wildman–Crippen MR) is 130 cm³/mol. The monoisotopic (exact) mass is 455 g/mol. The first-order chi connectivity index (χ1) is 16.1. The maximum atomic E-state index is 13.6. The minimum absolute atomic E-state index is 0.232. The van der Waals surface area contributed by atoms with Gasteiger partial charge in [-0.2, -0.15) is 9.49 Å². The summed E-state index contributed by atoms with van der Waals surface area (Å²) in [4.78, 5) is 19.7. The molecule has 0 spiro atoms. The van der Waals surface area contributed by atoms with Crippen LogP contribution in [0.1, 0.15) is 0 Å². The molecule has 0 aliphatic carbocycles. The van der Waals surface area contributed by atoms with Crippen LogP contribution in [0.4, 0.5) is 10.1 Å². The third-order valence-electron chi connectivity index (χ3n) is 5.60. The lowest BCUT2D eigenvalue weighted by molar-refractivity contribution is 0.657. The van der Waals surface area contributed by atoms with Crippen molar-refractivity contribution in [1.82, 2.24) is 30.1 Å². The van der Waals surface area contributed by atoms with E-state index in [1.807, 2.05) is 49.7 Å². The number of H-pyrrole nitrogens is 2. The highest BCUT2D eigenvalue weighted by Crippen LogP contribution is 2.35. The van der Waals surface area contributed by atoms with Crippen molar-refractivity contribution in [1.29, 1.82) is 0 Å². The van der Waals surface area contributed by atoms with E-state index in [1.165, 1.54) is 6.07 Å². The van der Waals surface area contributed by atoms with Crippen LogP contribution in [0, 0.1) is 5.13 Å². The minimum Gasteiger partial charge on any atom is -0.376 e. The van der Waals surface area contributed by atoms with Crippen molar-refractivity contribution < 1.29 is 4.39 Å². The Hall–Kier alpha value is -4.11. The van der Waals surface area contributed by atoms with Crippen LogP contribution in [-0.4, -0.2) is 44.2 Å². The number of fused-ring (bicyclic) bond motifs is 2. The molecule has 0 amide bonds. The first-order valence-corrected chi connectivity index (χ1v) is 11.1. The number of halogens is 1. The molecule has 0 bridgehead atoms. The van der Waals surface area contributed by atoms with Crippen molar-refractivity contribution in [3.63, 3.8) is 0 Å². The van der Waals surface area contributed by atoms with Gasteiger partial charge in [-0.05, 0) is 36.4 Å². The number of anilines is 1. The third-order valence-corrected chi connectivity index (χ3v) is 6.48. The summed E-state index contributed by atoms with van der Waals surface area (Å²) in [6.45, 7) is 0. The van der Waals surface area contributed by atoms with Gasteiger partial charge in [0.25, 0.3) is 0 Å². The van der Waals surface area contributed by atoms with E-state index < -0.39 is 0 Å². The molecule has 0 radical (unpaired) electrons. The molecule has 0 saturated carbocycles. The van der Waals surface area contributed by atoms with Crippen LogP contribution in [0.2, 0.25) is 0 Å². The van der Waals surface area contributed by atoms with Crippen LogP contribution in [0.15, 0.2) is 61.2 Å². The molecular formula is C24H18FN7S. The summed E-state index contributed by atoms with van der Waals surface area (Å²) in [6, 6.07) is 11.3. The third kappa shape index (κ3) is 3.33. The van der Waals surface area contributed by atoms with Crippen LogP contribution >= 0.6 is 11.3 Å². The predicted octanol–water partition coefficient (Wildman–Crippen LogP) is 5.50. The fraction of sp³-hybridized carbons (Fsp3) is 0.0833. The maximum absolute atomic E-state index is 13.6. The number of pyridine rings is 3. The summed E-state index contributed by atoms with van der Waals surface area (Å²) in [5.74, 6) is 0. The number of hydrogen-bond donors (Lipinski definition) is 2. The average molecular weight is 456 g/mol. The number of nitrogens with one attached hydrogen (secondary N) is 2. The van der Waals surface area contributed by atoms with Gasteiger partial charge in [0, 0.05) is 60.1 Å². The van der Waals surface area contributed by atoms with Gasteiger partial charge in [-0.3, -0.25) is 15.1 Å². The normalized spacial score (nSPS) is 11.5. The smallest absolute Gasteiger partial charge is 0.177 e. The zero-order chi connectivity index (χ0) is 22.5. The van der Waals surface area contributed by atoms with Crippen LogP contribution in [0.5, 0.6) is 0 Å². The van der Waals surface area contributed by atoms with E-state index in [-0.39, 0.29) is 5.13 Å². The molecule has 6 rings (SSSR count). The van der Waals surface area contributed by atoms with Gasteiger partial charge in [-0.25, -0.2) is 4.98 Å². The van der Waals surface area contributed by atoms with Gasteiger partial charge in [0.15, 0.2) is 10.8 Å². The molecule has 162 valence electrons. The molecule has 6 aromatic rings. The van der Waals surface area contributed by atoms with Gasteiger partial charge in [0.05, 0.1) is 28.1 Å². The molecule has 0 aliphatic heterocycles. The number of aromatic nitrogens is 6. The molecule has 33 heavy (non-hydrogen) atoms. The van der Waals surface area contributed by atoms with Gasteiger partial charge in [-0.1, -0.05) is 0 Å². The first-order valence-electron chi connectivity index (χ1n) is 10.3. The van der Waals surface area contributed by atoms with Crippen molar-refractivity contribution in [2.75, 3.05) is 19.0 Å². The maximum Gasteiger partial charge on any atom is 0.177 e. The number of rotatable bonds is 4. The van der Waals surface area contributed by atoms with Crippen LogP contribution in [-0.2, 0) is 0 Å². The second-order valence-corrected chi connectivity index (χ2v) is 8.96. The molecule has 0 atom stereocenters. The summed E-state index contributed by atoms with van der Waals surface area (Å²) in [6.07, 6.45) is 7.20. The summed E-state index contributed by atoms with van der Waals surface area (Å²) >= 11 is 1.08. The Morgan fingerprint density at radius 1 is 0.909 bits per heavy atom. The number of thiophene rings is 1. The standard InChI is InChI=1S/C24H18FN7S/c1-32(2)15-7-13(10-26-12-15)14-8-17-22(30-31-24(17)28-11-14)19-9-16-18(29-19)5-6-27-23(16)20-3-4-21(25)33-20/h3-12,29H,1-2H3,(H,28,30,31). The molecule has 0 fully saturated rings. The van der Waals surface area contributed by atoms with Crippen molar-refractivity contribution in [3.8, 4) is 33.1 Å². The zero-order valence-corrected chi connectivity index (χ0v) is 18.6. The molecule has 0 saturated heterocycles. The Bertz CT molecular complexity index is 1630. The fourth-order valence-electron chi connectivity index (χ4n) is 3.92. The Labute approximate surface area is 192 Å². The molecule has 6 aromatic heterocycles.